The van der Waals surface area contributed by atoms with Gasteiger partial charge in [-0.3, -0.25) is 0 Å². The van der Waals surface area contributed by atoms with Crippen molar-refractivity contribution in [2.45, 2.75) is 6.61 Å². The van der Waals surface area contributed by atoms with E-state index < -0.39 is 0 Å². The van der Waals surface area contributed by atoms with Crippen LogP contribution >= 0.6 is 11.6 Å². The van der Waals surface area contributed by atoms with E-state index >= 15 is 0 Å². The van der Waals surface area contributed by atoms with Gasteiger partial charge < -0.3 is 4.74 Å². The van der Waals surface area contributed by atoms with Crippen LogP contribution in [0.3, 0.4) is 0 Å². The first kappa shape index (κ1) is 8.37. The van der Waals surface area contributed by atoms with Crippen molar-refractivity contribution in [2.75, 3.05) is 7.11 Å². The highest BCUT2D eigenvalue weighted by Gasteiger charge is 2.01. The van der Waals surface area contributed by atoms with Gasteiger partial charge in [-0.2, -0.15) is 0 Å². The summed E-state index contributed by atoms with van der Waals surface area (Å²) in [5.74, 6) is 0.563. The molecule has 0 amide bonds. The minimum atomic E-state index is -0.277. The summed E-state index contributed by atoms with van der Waals surface area (Å²) in [5.41, 5.74) is 0.636. The lowest BCUT2D eigenvalue weighted by molar-refractivity contribution is 0.174. The van der Waals surface area contributed by atoms with Crippen LogP contribution in [0.2, 0.25) is 5.02 Å². The van der Waals surface area contributed by atoms with Crippen molar-refractivity contribution in [2.24, 2.45) is 0 Å². The first-order valence-electron chi connectivity index (χ1n) is 3.18. The average Bonchev–Trinajstić information content (AvgIpc) is 2.04. The Morgan fingerprint density at radius 2 is 2.27 bits per heavy atom. The normalized spacial score (nSPS) is 9.73. The molecule has 0 aromatic heterocycles. The van der Waals surface area contributed by atoms with Crippen molar-refractivity contribution in [3.05, 3.63) is 28.8 Å². The van der Waals surface area contributed by atoms with E-state index in [-0.39, 0.29) is 6.61 Å². The smallest absolute Gasteiger partial charge is 0.125 e. The van der Waals surface area contributed by atoms with Gasteiger partial charge in [-0.25, -0.2) is 5.11 Å². The summed E-state index contributed by atoms with van der Waals surface area (Å²) in [5, 5.41) is 11.1. The van der Waals surface area contributed by atoms with Gasteiger partial charge in [0.25, 0.3) is 0 Å². The molecule has 0 saturated carbocycles. The molecular formula is C8H8ClO2. The molecule has 0 aliphatic carbocycles. The van der Waals surface area contributed by atoms with Crippen molar-refractivity contribution < 1.29 is 9.84 Å². The molecular weight excluding hydrogens is 164 g/mol. The van der Waals surface area contributed by atoms with Gasteiger partial charge in [0.1, 0.15) is 12.4 Å². The molecule has 0 bridgehead atoms. The van der Waals surface area contributed by atoms with Crippen molar-refractivity contribution in [3.63, 3.8) is 0 Å². The molecule has 0 spiro atoms. The maximum atomic E-state index is 10.5. The number of methoxy groups -OCH3 is 1. The summed E-state index contributed by atoms with van der Waals surface area (Å²) in [6.45, 7) is -0.277. The monoisotopic (exact) mass is 171 g/mol. The first-order valence-corrected chi connectivity index (χ1v) is 3.56. The molecule has 0 atom stereocenters. The molecule has 1 rings (SSSR count). The molecule has 0 unspecified atom stereocenters. The Morgan fingerprint density at radius 1 is 1.55 bits per heavy atom. The van der Waals surface area contributed by atoms with E-state index in [1.807, 2.05) is 0 Å². The van der Waals surface area contributed by atoms with E-state index in [9.17, 15) is 5.11 Å². The second-order valence-corrected chi connectivity index (χ2v) is 2.54. The van der Waals surface area contributed by atoms with E-state index in [0.29, 0.717) is 16.3 Å². The Morgan fingerprint density at radius 3 is 2.82 bits per heavy atom. The fraction of sp³-hybridized carbons (Fsp3) is 0.250. The lowest BCUT2D eigenvalue weighted by atomic mass is 10.2. The molecule has 3 heteroatoms. The Balaban J connectivity index is 3.06. The summed E-state index contributed by atoms with van der Waals surface area (Å²) in [7, 11) is 1.52. The minimum Gasteiger partial charge on any atom is -0.496 e. The van der Waals surface area contributed by atoms with Crippen LogP contribution in [0, 0.1) is 0 Å². The molecule has 0 aliphatic heterocycles. The van der Waals surface area contributed by atoms with E-state index in [0.717, 1.165) is 0 Å². The Kier molecular flexibility index (Phi) is 2.74. The van der Waals surface area contributed by atoms with E-state index in [1.165, 1.54) is 7.11 Å². The zero-order valence-electron chi connectivity index (χ0n) is 6.13. The number of benzene rings is 1. The summed E-state index contributed by atoms with van der Waals surface area (Å²) in [6, 6.07) is 4.99. The van der Waals surface area contributed by atoms with E-state index in [1.54, 1.807) is 18.2 Å². The van der Waals surface area contributed by atoms with Gasteiger partial charge in [0.2, 0.25) is 0 Å². The van der Waals surface area contributed by atoms with Crippen molar-refractivity contribution in [1.29, 1.82) is 0 Å². The van der Waals surface area contributed by atoms with Crippen molar-refractivity contribution in [1.82, 2.24) is 0 Å². The van der Waals surface area contributed by atoms with Gasteiger partial charge in [0, 0.05) is 10.6 Å². The van der Waals surface area contributed by atoms with Crippen molar-refractivity contribution in [3.8, 4) is 5.75 Å². The molecule has 0 aliphatic rings. The second kappa shape index (κ2) is 3.60. The third-order valence-electron chi connectivity index (χ3n) is 1.40. The molecule has 0 N–H and O–H groups in total. The molecule has 11 heavy (non-hydrogen) atoms. The summed E-state index contributed by atoms with van der Waals surface area (Å²) < 4.78 is 4.93. The van der Waals surface area contributed by atoms with Gasteiger partial charge >= 0.3 is 0 Å². The van der Waals surface area contributed by atoms with E-state index in [4.69, 9.17) is 16.3 Å². The molecule has 1 radical (unpaired) electrons. The van der Waals surface area contributed by atoms with Gasteiger partial charge in [-0.15, -0.1) is 0 Å². The predicted octanol–water partition coefficient (Wildman–Crippen LogP) is 2.28. The zero-order chi connectivity index (χ0) is 8.27. The van der Waals surface area contributed by atoms with Gasteiger partial charge in [-0.05, 0) is 12.1 Å². The van der Waals surface area contributed by atoms with Crippen LogP contribution in [0.1, 0.15) is 5.56 Å². The Labute approximate surface area is 70.4 Å². The highest BCUT2D eigenvalue weighted by atomic mass is 35.5. The first-order chi connectivity index (χ1) is 5.27. The summed E-state index contributed by atoms with van der Waals surface area (Å²) >= 11 is 5.67. The summed E-state index contributed by atoms with van der Waals surface area (Å²) in [6.07, 6.45) is 0. The second-order valence-electron chi connectivity index (χ2n) is 2.10. The molecule has 0 saturated heterocycles. The number of hydrogen-bond acceptors (Lipinski definition) is 1. The highest BCUT2D eigenvalue weighted by molar-refractivity contribution is 6.30. The van der Waals surface area contributed by atoms with Crippen LogP contribution in [0.25, 0.3) is 0 Å². The van der Waals surface area contributed by atoms with Gasteiger partial charge in [0.05, 0.1) is 7.11 Å². The minimum absolute atomic E-state index is 0.277. The highest BCUT2D eigenvalue weighted by Crippen LogP contribution is 2.22. The third-order valence-corrected chi connectivity index (χ3v) is 1.64. The third kappa shape index (κ3) is 1.85. The fourth-order valence-electron chi connectivity index (χ4n) is 0.838. The van der Waals surface area contributed by atoms with Crippen LogP contribution in [0.5, 0.6) is 5.75 Å². The maximum Gasteiger partial charge on any atom is 0.125 e. The molecule has 1 aromatic carbocycles. The molecule has 0 heterocycles. The van der Waals surface area contributed by atoms with Crippen LogP contribution in [0.4, 0.5) is 0 Å². The largest absolute Gasteiger partial charge is 0.496 e. The maximum absolute atomic E-state index is 10.5. The zero-order valence-corrected chi connectivity index (χ0v) is 6.89. The number of hydrogen-bond donors (Lipinski definition) is 0. The standard InChI is InChI=1S/C8H8ClO2/c1-11-8-4-7(9)3-2-6(8)5-10/h2-4H,5H2,1H3. The van der Waals surface area contributed by atoms with Crippen LogP contribution < -0.4 is 4.74 Å². The predicted molar refractivity (Wildman–Crippen MR) is 42.4 cm³/mol. The SMILES string of the molecule is COc1cc(Cl)ccc1C[O]. The Bertz CT molecular complexity index is 248. The number of halogens is 1. The van der Waals surface area contributed by atoms with Crippen LogP contribution in [-0.4, -0.2) is 7.11 Å². The Hall–Kier alpha value is -0.730. The van der Waals surface area contributed by atoms with Crippen LogP contribution in [-0.2, 0) is 11.7 Å². The van der Waals surface area contributed by atoms with Crippen LogP contribution in [0.15, 0.2) is 18.2 Å². The molecule has 59 valence electrons. The number of ether oxygens (including phenoxy) is 1. The quantitative estimate of drug-likeness (QED) is 0.671. The molecule has 2 nitrogen and oxygen atoms in total. The average molecular weight is 172 g/mol. The lowest BCUT2D eigenvalue weighted by Gasteiger charge is -2.04. The number of rotatable bonds is 2. The topological polar surface area (TPSA) is 29.1 Å². The lowest BCUT2D eigenvalue weighted by Crippen LogP contribution is -1.89. The van der Waals surface area contributed by atoms with Crippen molar-refractivity contribution >= 4 is 11.6 Å². The van der Waals surface area contributed by atoms with Gasteiger partial charge in [0.15, 0.2) is 0 Å². The summed E-state index contributed by atoms with van der Waals surface area (Å²) in [4.78, 5) is 0. The fourth-order valence-corrected chi connectivity index (χ4v) is 1.000. The molecule has 0 fully saturated rings. The van der Waals surface area contributed by atoms with Gasteiger partial charge in [-0.1, -0.05) is 17.7 Å². The molecule has 1 aromatic rings. The van der Waals surface area contributed by atoms with E-state index in [2.05, 4.69) is 0 Å².